The summed E-state index contributed by atoms with van der Waals surface area (Å²) in [5.41, 5.74) is 0.862. The summed E-state index contributed by atoms with van der Waals surface area (Å²) in [6, 6.07) is 3.27. The van der Waals surface area contributed by atoms with E-state index < -0.39 is 5.91 Å². The highest BCUT2D eigenvalue weighted by atomic mass is 16.5. The molecule has 1 aliphatic carbocycles. The first-order chi connectivity index (χ1) is 15.2. The van der Waals surface area contributed by atoms with Crippen LogP contribution in [0.25, 0.3) is 5.78 Å². The van der Waals surface area contributed by atoms with Crippen LogP contribution in [0.4, 0.5) is 5.69 Å². The van der Waals surface area contributed by atoms with Crippen molar-refractivity contribution < 1.29 is 14.3 Å². The lowest BCUT2D eigenvalue weighted by Gasteiger charge is -2.24. The second-order valence-corrected chi connectivity index (χ2v) is 9.45. The summed E-state index contributed by atoms with van der Waals surface area (Å²) >= 11 is 0. The second kappa shape index (κ2) is 7.16. The smallest absolute Gasteiger partial charge is 0.274 e. The minimum absolute atomic E-state index is 0.0813. The summed E-state index contributed by atoms with van der Waals surface area (Å²) in [5.74, 6) is 0.188. The van der Waals surface area contributed by atoms with Crippen LogP contribution in [0.15, 0.2) is 35.5 Å². The predicted octanol–water partition coefficient (Wildman–Crippen LogP) is 2.68. The number of nitrogens with one attached hydrogen (secondary N) is 1. The molecule has 1 aliphatic heterocycles. The van der Waals surface area contributed by atoms with Crippen LogP contribution in [0.3, 0.4) is 0 Å². The first kappa shape index (κ1) is 20.7. The molecule has 3 aromatic rings. The average Bonchev–Trinajstić information content (AvgIpc) is 3.41. The summed E-state index contributed by atoms with van der Waals surface area (Å²) in [6.07, 6.45) is 8.01. The van der Waals surface area contributed by atoms with Gasteiger partial charge < -0.3 is 19.4 Å². The number of amides is 1. The SMILES string of the molecule is CC(C)Oc1nc2nc([C@@]34CC[C@@](C)(C3)OC4)cn2cc1C(=O)Nc1cccn(C)c1=O. The molecule has 2 aliphatic rings. The van der Waals surface area contributed by atoms with Gasteiger partial charge in [0.05, 0.1) is 24.0 Å². The van der Waals surface area contributed by atoms with Gasteiger partial charge >= 0.3 is 0 Å². The Bertz CT molecular complexity index is 1270. The molecule has 168 valence electrons. The maximum Gasteiger partial charge on any atom is 0.274 e. The topological polar surface area (TPSA) is 99.8 Å². The van der Waals surface area contributed by atoms with Crippen molar-refractivity contribution in [2.24, 2.45) is 7.05 Å². The molecule has 0 spiro atoms. The van der Waals surface area contributed by atoms with Crippen molar-refractivity contribution in [3.05, 3.63) is 52.3 Å². The molecular formula is C23H27N5O4. The van der Waals surface area contributed by atoms with Crippen molar-refractivity contribution in [3.8, 4) is 5.88 Å². The number of nitrogens with zero attached hydrogens (tertiary/aromatic N) is 4. The van der Waals surface area contributed by atoms with E-state index >= 15 is 0 Å². The van der Waals surface area contributed by atoms with Gasteiger partial charge in [-0.25, -0.2) is 4.98 Å². The van der Waals surface area contributed by atoms with E-state index in [4.69, 9.17) is 14.5 Å². The van der Waals surface area contributed by atoms with E-state index in [1.807, 2.05) is 20.0 Å². The Morgan fingerprint density at radius 1 is 1.28 bits per heavy atom. The number of fused-ring (bicyclic) bond motifs is 3. The largest absolute Gasteiger partial charge is 0.474 e. The Hall–Kier alpha value is -3.20. The van der Waals surface area contributed by atoms with Crippen molar-refractivity contribution in [2.75, 3.05) is 11.9 Å². The molecule has 1 amide bonds. The second-order valence-electron chi connectivity index (χ2n) is 9.45. The van der Waals surface area contributed by atoms with Gasteiger partial charge in [0.1, 0.15) is 11.3 Å². The van der Waals surface area contributed by atoms with Crippen molar-refractivity contribution in [2.45, 2.75) is 57.2 Å². The molecule has 1 saturated carbocycles. The van der Waals surface area contributed by atoms with Crippen LogP contribution in [0, 0.1) is 0 Å². The van der Waals surface area contributed by atoms with E-state index in [0.29, 0.717) is 12.4 Å². The van der Waals surface area contributed by atoms with Crippen LogP contribution < -0.4 is 15.6 Å². The van der Waals surface area contributed by atoms with E-state index in [1.165, 1.54) is 4.57 Å². The molecule has 32 heavy (non-hydrogen) atoms. The van der Waals surface area contributed by atoms with Gasteiger partial charge in [0.15, 0.2) is 0 Å². The zero-order valence-corrected chi connectivity index (χ0v) is 18.7. The number of hydrogen-bond donors (Lipinski definition) is 1. The first-order valence-electron chi connectivity index (χ1n) is 10.9. The number of rotatable bonds is 5. The number of carbonyl (C=O) groups excluding carboxylic acids is 1. The Labute approximate surface area is 185 Å². The van der Waals surface area contributed by atoms with E-state index in [0.717, 1.165) is 25.0 Å². The minimum Gasteiger partial charge on any atom is -0.474 e. The fourth-order valence-corrected chi connectivity index (χ4v) is 4.76. The molecule has 1 N–H and O–H groups in total. The van der Waals surface area contributed by atoms with Crippen LogP contribution >= 0.6 is 0 Å². The Morgan fingerprint density at radius 2 is 2.09 bits per heavy atom. The highest BCUT2D eigenvalue weighted by molar-refractivity contribution is 6.05. The van der Waals surface area contributed by atoms with Crippen molar-refractivity contribution >= 4 is 17.4 Å². The first-order valence-corrected chi connectivity index (χ1v) is 10.9. The zero-order chi connectivity index (χ0) is 22.7. The third-order valence-electron chi connectivity index (χ3n) is 6.46. The van der Waals surface area contributed by atoms with Gasteiger partial charge in [-0.05, 0) is 52.2 Å². The molecule has 3 aromatic heterocycles. The standard InChI is InChI=1S/C23H27N5O4/c1-14(2)32-19-15(18(29)24-16-6-5-9-27(4)20(16)30)10-28-11-17(25-21(28)26-19)23-8-7-22(3,12-23)31-13-23/h5-6,9-11,14H,7-8,12-13H2,1-4H3,(H,24,29)/t22-,23-/m0/s1. The van der Waals surface area contributed by atoms with Crippen LogP contribution in [0.2, 0.25) is 0 Å². The number of hydrogen-bond acceptors (Lipinski definition) is 6. The van der Waals surface area contributed by atoms with Crippen LogP contribution in [-0.2, 0) is 17.2 Å². The molecule has 2 fully saturated rings. The van der Waals surface area contributed by atoms with Crippen LogP contribution in [0.1, 0.15) is 56.1 Å². The normalized spacial score (nSPS) is 24.4. The number of aromatic nitrogens is 4. The van der Waals surface area contributed by atoms with E-state index in [2.05, 4.69) is 17.2 Å². The lowest BCUT2D eigenvalue weighted by Crippen LogP contribution is -2.26. The number of ether oxygens (including phenoxy) is 2. The van der Waals surface area contributed by atoms with Crippen molar-refractivity contribution in [1.29, 1.82) is 0 Å². The molecule has 0 radical (unpaired) electrons. The third-order valence-corrected chi connectivity index (χ3v) is 6.46. The highest BCUT2D eigenvalue weighted by Crippen LogP contribution is 2.53. The molecule has 1 saturated heterocycles. The zero-order valence-electron chi connectivity index (χ0n) is 18.7. The van der Waals surface area contributed by atoms with Crippen LogP contribution in [0.5, 0.6) is 5.88 Å². The number of imidazole rings is 1. The molecular weight excluding hydrogens is 410 g/mol. The molecule has 5 rings (SSSR count). The van der Waals surface area contributed by atoms with Gasteiger partial charge in [0.25, 0.3) is 11.5 Å². The third kappa shape index (κ3) is 3.37. The van der Waals surface area contributed by atoms with Gasteiger partial charge in [-0.1, -0.05) is 0 Å². The van der Waals surface area contributed by atoms with Gasteiger partial charge in [-0.2, -0.15) is 4.98 Å². The van der Waals surface area contributed by atoms with E-state index in [-0.39, 0.29) is 39.8 Å². The summed E-state index contributed by atoms with van der Waals surface area (Å²) in [6.45, 7) is 6.53. The molecule has 4 heterocycles. The lowest BCUT2D eigenvalue weighted by molar-refractivity contribution is -0.00627. The minimum atomic E-state index is -0.468. The molecule has 2 bridgehead atoms. The number of carbonyl (C=O) groups is 1. The quantitative estimate of drug-likeness (QED) is 0.659. The Kier molecular flexibility index (Phi) is 4.63. The highest BCUT2D eigenvalue weighted by Gasteiger charge is 2.55. The van der Waals surface area contributed by atoms with E-state index in [1.54, 1.807) is 36.0 Å². The number of pyridine rings is 1. The fraction of sp³-hybridized carbons (Fsp3) is 0.478. The van der Waals surface area contributed by atoms with Crippen molar-refractivity contribution in [1.82, 2.24) is 18.9 Å². The predicted molar refractivity (Wildman–Crippen MR) is 118 cm³/mol. The van der Waals surface area contributed by atoms with Gasteiger partial charge in [0.2, 0.25) is 11.7 Å². The molecule has 9 nitrogen and oxygen atoms in total. The average molecular weight is 438 g/mol. The summed E-state index contributed by atoms with van der Waals surface area (Å²) in [5, 5.41) is 2.69. The van der Waals surface area contributed by atoms with Gasteiger partial charge in [-0.3, -0.25) is 14.0 Å². The number of aryl methyl sites for hydroxylation is 1. The molecule has 0 unspecified atom stereocenters. The fourth-order valence-electron chi connectivity index (χ4n) is 4.76. The van der Waals surface area contributed by atoms with E-state index in [9.17, 15) is 9.59 Å². The monoisotopic (exact) mass is 437 g/mol. The molecule has 2 atom stereocenters. The molecule has 9 heteroatoms. The Balaban J connectivity index is 1.54. The summed E-state index contributed by atoms with van der Waals surface area (Å²) in [4.78, 5) is 34.8. The summed E-state index contributed by atoms with van der Waals surface area (Å²) < 4.78 is 15.0. The van der Waals surface area contributed by atoms with Gasteiger partial charge in [-0.15, -0.1) is 0 Å². The van der Waals surface area contributed by atoms with Gasteiger partial charge in [0, 0.05) is 31.1 Å². The lowest BCUT2D eigenvalue weighted by atomic mass is 9.84. The molecule has 0 aromatic carbocycles. The maximum atomic E-state index is 13.1. The van der Waals surface area contributed by atoms with Crippen molar-refractivity contribution in [3.63, 3.8) is 0 Å². The van der Waals surface area contributed by atoms with Crippen LogP contribution in [-0.4, -0.2) is 43.2 Å². The Morgan fingerprint density at radius 3 is 2.75 bits per heavy atom. The summed E-state index contributed by atoms with van der Waals surface area (Å²) in [7, 11) is 1.63. The maximum absolute atomic E-state index is 13.1. The number of anilines is 1.